The van der Waals surface area contributed by atoms with E-state index in [4.69, 9.17) is 0 Å². The summed E-state index contributed by atoms with van der Waals surface area (Å²) in [6.07, 6.45) is -19.9. The maximum Gasteiger partial charge on any atom is 0.462 e. The Balaban J connectivity index is 3.90. The van der Waals surface area contributed by atoms with Gasteiger partial charge in [-0.1, -0.05) is 13.5 Å². The van der Waals surface area contributed by atoms with Crippen molar-refractivity contribution < 1.29 is 63.3 Å². The Labute approximate surface area is 144 Å². The highest BCUT2D eigenvalue weighted by Gasteiger charge is 2.92. The van der Waals surface area contributed by atoms with Gasteiger partial charge in [0.25, 0.3) is 0 Å². The summed E-state index contributed by atoms with van der Waals surface area (Å²) in [5.41, 5.74) is -6.22. The molecule has 3 unspecified atom stereocenters. The van der Waals surface area contributed by atoms with Crippen LogP contribution in [0.5, 0.6) is 0 Å². The minimum atomic E-state index is -6.66. The number of rotatable bonds is 3. The van der Waals surface area contributed by atoms with Crippen LogP contribution in [0.15, 0.2) is 12.2 Å². The van der Waals surface area contributed by atoms with Crippen molar-refractivity contribution in [3.8, 4) is 0 Å². The van der Waals surface area contributed by atoms with Gasteiger partial charge < -0.3 is 14.6 Å². The molecular weight excluding hydrogens is 410 g/mol. The molecule has 0 spiro atoms. The number of carbonyl (C=O) groups excluding carboxylic acids is 1. The zero-order valence-corrected chi connectivity index (χ0v) is 13.4. The van der Waals surface area contributed by atoms with Gasteiger partial charge in [0.1, 0.15) is 0 Å². The third-order valence-electron chi connectivity index (χ3n) is 3.86. The van der Waals surface area contributed by atoms with Gasteiger partial charge in [-0.25, -0.2) is 4.79 Å². The van der Waals surface area contributed by atoms with Crippen LogP contribution in [0.25, 0.3) is 0 Å². The van der Waals surface area contributed by atoms with Gasteiger partial charge >= 0.3 is 36.0 Å². The first-order chi connectivity index (χ1) is 11.7. The van der Waals surface area contributed by atoms with Crippen molar-refractivity contribution in [3.05, 3.63) is 12.2 Å². The van der Waals surface area contributed by atoms with Crippen molar-refractivity contribution in [1.82, 2.24) is 0 Å². The third-order valence-corrected chi connectivity index (χ3v) is 3.86. The summed E-state index contributed by atoms with van der Waals surface area (Å²) in [5, 5.41) is 9.63. The van der Waals surface area contributed by atoms with Crippen molar-refractivity contribution in [2.24, 2.45) is 0 Å². The van der Waals surface area contributed by atoms with Crippen molar-refractivity contribution >= 4 is 5.97 Å². The van der Waals surface area contributed by atoms with Crippen molar-refractivity contribution in [2.45, 2.75) is 62.0 Å². The number of aliphatic hydroxyl groups is 1. The van der Waals surface area contributed by atoms with Gasteiger partial charge in [-0.3, -0.25) is 0 Å². The Morgan fingerprint density at radius 2 is 1.59 bits per heavy atom. The third kappa shape index (κ3) is 3.05. The van der Waals surface area contributed by atoms with Crippen LogP contribution in [-0.2, 0) is 14.3 Å². The molecule has 0 aromatic heterocycles. The highest BCUT2D eigenvalue weighted by molar-refractivity contribution is 5.87. The summed E-state index contributed by atoms with van der Waals surface area (Å²) in [4.78, 5) is 11.4. The molecule has 0 aliphatic carbocycles. The fourth-order valence-corrected chi connectivity index (χ4v) is 2.35. The molecule has 0 radical (unpaired) electrons. The van der Waals surface area contributed by atoms with E-state index in [0.29, 0.717) is 13.8 Å². The van der Waals surface area contributed by atoms with E-state index in [2.05, 4.69) is 16.1 Å². The van der Waals surface area contributed by atoms with Crippen molar-refractivity contribution in [2.75, 3.05) is 0 Å². The molecule has 27 heavy (non-hydrogen) atoms. The first-order valence-electron chi connectivity index (χ1n) is 6.91. The normalized spacial score (nSPS) is 33.4. The number of hydrogen-bond acceptors (Lipinski definition) is 4. The second-order valence-corrected chi connectivity index (χ2v) is 5.73. The largest absolute Gasteiger partial charge is 0.462 e. The molecule has 0 saturated carbocycles. The topological polar surface area (TPSA) is 55.8 Å². The number of hydrogen-bond donors (Lipinski definition) is 1. The molecule has 1 aliphatic rings. The van der Waals surface area contributed by atoms with Gasteiger partial charge in [0.15, 0.2) is 0 Å². The molecule has 0 amide bonds. The van der Waals surface area contributed by atoms with E-state index >= 15 is 0 Å². The number of ether oxygens (including phenoxy) is 2. The van der Waals surface area contributed by atoms with Crippen LogP contribution in [0.4, 0.5) is 43.9 Å². The number of esters is 1. The predicted octanol–water partition coefficient (Wildman–Crippen LogP) is 3.74. The molecule has 4 nitrogen and oxygen atoms in total. The predicted molar refractivity (Wildman–Crippen MR) is 65.8 cm³/mol. The maximum absolute atomic E-state index is 14.5. The minimum absolute atomic E-state index is 0.294. The summed E-state index contributed by atoms with van der Waals surface area (Å²) >= 11 is 0. The summed E-state index contributed by atoms with van der Waals surface area (Å²) in [7, 11) is 0. The maximum atomic E-state index is 14.5. The quantitative estimate of drug-likeness (QED) is 0.428. The lowest BCUT2D eigenvalue weighted by atomic mass is 9.75. The van der Waals surface area contributed by atoms with Crippen molar-refractivity contribution in [1.29, 1.82) is 0 Å². The van der Waals surface area contributed by atoms with E-state index in [1.54, 1.807) is 0 Å². The van der Waals surface area contributed by atoms with E-state index in [1.165, 1.54) is 0 Å². The smallest absolute Gasteiger partial charge is 0.414 e. The molecule has 1 rings (SSSR count). The van der Waals surface area contributed by atoms with E-state index < -0.39 is 59.7 Å². The highest BCUT2D eigenvalue weighted by atomic mass is 19.4. The van der Waals surface area contributed by atoms with Gasteiger partial charge in [0, 0.05) is 5.57 Å². The summed E-state index contributed by atoms with van der Waals surface area (Å²) in [6.45, 7) is 3.70. The second kappa shape index (κ2) is 6.22. The van der Waals surface area contributed by atoms with Gasteiger partial charge in [-0.05, 0) is 13.3 Å². The highest BCUT2D eigenvalue weighted by Crippen LogP contribution is 2.63. The second-order valence-electron chi connectivity index (χ2n) is 5.73. The number of alkyl halides is 10. The number of carbonyl (C=O) groups is 1. The Hall–Kier alpha value is -1.57. The lowest BCUT2D eigenvalue weighted by molar-refractivity contribution is -0.531. The van der Waals surface area contributed by atoms with Crippen LogP contribution < -0.4 is 0 Å². The molecule has 0 aromatic carbocycles. The molecule has 1 saturated heterocycles. The van der Waals surface area contributed by atoms with E-state index in [1.807, 2.05) is 0 Å². The van der Waals surface area contributed by atoms with E-state index in [-0.39, 0.29) is 0 Å². The molecule has 0 bridgehead atoms. The molecule has 14 heteroatoms. The molecular formula is C13H12F10O4. The fourth-order valence-electron chi connectivity index (χ4n) is 2.35. The Kier molecular flexibility index (Phi) is 5.41. The minimum Gasteiger partial charge on any atom is -0.414 e. The summed E-state index contributed by atoms with van der Waals surface area (Å²) in [6, 6.07) is 0. The van der Waals surface area contributed by atoms with E-state index in [0.717, 1.165) is 0 Å². The Morgan fingerprint density at radius 1 is 1.15 bits per heavy atom. The first kappa shape index (κ1) is 23.5. The fraction of sp³-hybridized carbons (Fsp3) is 0.769. The zero-order chi connectivity index (χ0) is 21.9. The van der Waals surface area contributed by atoms with Crippen LogP contribution in [0.1, 0.15) is 20.3 Å². The Bertz CT molecular complexity index is 626. The summed E-state index contributed by atoms with van der Waals surface area (Å²) < 4.78 is 142. The van der Waals surface area contributed by atoms with Gasteiger partial charge in [0.2, 0.25) is 11.7 Å². The first-order valence-corrected chi connectivity index (χ1v) is 6.91. The lowest BCUT2D eigenvalue weighted by Crippen LogP contribution is -2.83. The monoisotopic (exact) mass is 422 g/mol. The van der Waals surface area contributed by atoms with Crippen LogP contribution in [0, 0.1) is 0 Å². The molecule has 158 valence electrons. The SMILES string of the molecule is C=C(C)C(=O)OC1(C(F)(F)F)OC(C(F)(F)F)C(F)(F)C(O)(CC)C1(F)F. The standard InChI is InChI=1S/C13H12F10O4/c1-4-8(25)9(14,15)7(10(16,17)18)27-12(11(8,19)20,13(21,22)23)26-6(24)5(2)3/h7,25H,2,4H2,1,3H3. The average molecular weight is 422 g/mol. The molecule has 1 N–H and O–H groups in total. The van der Waals surface area contributed by atoms with Gasteiger partial charge in [0.05, 0.1) is 0 Å². The van der Waals surface area contributed by atoms with Crippen LogP contribution in [-0.4, -0.2) is 52.8 Å². The van der Waals surface area contributed by atoms with Crippen LogP contribution in [0.3, 0.4) is 0 Å². The average Bonchev–Trinajstić information content (AvgIpc) is 2.45. The van der Waals surface area contributed by atoms with Crippen LogP contribution >= 0.6 is 0 Å². The molecule has 1 fully saturated rings. The zero-order valence-electron chi connectivity index (χ0n) is 13.4. The van der Waals surface area contributed by atoms with Crippen molar-refractivity contribution in [3.63, 3.8) is 0 Å². The van der Waals surface area contributed by atoms with E-state index in [9.17, 15) is 53.8 Å². The molecule has 1 aliphatic heterocycles. The molecule has 3 atom stereocenters. The lowest BCUT2D eigenvalue weighted by Gasteiger charge is -2.55. The summed E-state index contributed by atoms with van der Waals surface area (Å²) in [5.74, 6) is -20.4. The number of halogens is 10. The van der Waals surface area contributed by atoms with Gasteiger partial charge in [-0.2, -0.15) is 43.9 Å². The molecule has 1 heterocycles. The van der Waals surface area contributed by atoms with Gasteiger partial charge in [-0.15, -0.1) is 0 Å². The molecule has 0 aromatic rings. The Morgan fingerprint density at radius 3 is 1.89 bits per heavy atom. The van der Waals surface area contributed by atoms with Crippen LogP contribution in [0.2, 0.25) is 0 Å².